The highest BCUT2D eigenvalue weighted by Gasteiger charge is 2.33. The average molecular weight is 564 g/mol. The number of nitrogens with two attached hydrogens (primary N) is 1. The van der Waals surface area contributed by atoms with Gasteiger partial charge in [-0.25, -0.2) is 29.9 Å². The van der Waals surface area contributed by atoms with Crippen LogP contribution in [0.5, 0.6) is 0 Å². The maximum Gasteiger partial charge on any atom is 0.454 e. The van der Waals surface area contributed by atoms with Crippen LogP contribution in [0.1, 0.15) is 79.0 Å². The molecule has 0 spiro atoms. The summed E-state index contributed by atoms with van der Waals surface area (Å²) in [7, 11) is -1.04. The zero-order valence-corrected chi connectivity index (χ0v) is 21.7. The van der Waals surface area contributed by atoms with Gasteiger partial charge in [0.15, 0.2) is 0 Å². The molecule has 6 rings (SSSR count). The third kappa shape index (κ3) is 10.7. The van der Waals surface area contributed by atoms with Gasteiger partial charge >= 0.3 is 7.12 Å². The minimum atomic E-state index is -1.04. The van der Waals surface area contributed by atoms with Gasteiger partial charge < -0.3 is 15.8 Å². The molecule has 0 aromatic carbocycles. The molecule has 3 aromatic heterocycles. The lowest BCUT2D eigenvalue weighted by Gasteiger charge is -1.97. The number of aromatic nitrogens is 6. The third-order valence-electron chi connectivity index (χ3n) is 5.54. The van der Waals surface area contributed by atoms with Gasteiger partial charge in [-0.3, -0.25) is 0 Å². The van der Waals surface area contributed by atoms with Crippen molar-refractivity contribution in [3.8, 4) is 12.1 Å². The number of hydrogen-bond acceptors (Lipinski definition) is 11. The Labute approximate surface area is 224 Å². The first-order chi connectivity index (χ1) is 17.9. The molecule has 3 aliphatic rings. The summed E-state index contributed by atoms with van der Waals surface area (Å²) in [6.45, 7) is 0.435. The lowest BCUT2D eigenvalue weighted by Crippen LogP contribution is -2.09. The Morgan fingerprint density at radius 2 is 1.16 bits per heavy atom. The van der Waals surface area contributed by atoms with E-state index in [9.17, 15) is 0 Å². The smallest absolute Gasteiger partial charge is 0.427 e. The molecule has 3 fully saturated rings. The molecule has 0 atom stereocenters. The van der Waals surface area contributed by atoms with E-state index in [-0.39, 0.29) is 17.5 Å². The second-order valence-corrected chi connectivity index (χ2v) is 9.64. The van der Waals surface area contributed by atoms with Gasteiger partial charge in [-0.1, -0.05) is 12.8 Å². The molecule has 0 radical (unpaired) electrons. The van der Waals surface area contributed by atoms with Crippen molar-refractivity contribution in [2.24, 2.45) is 5.73 Å². The van der Waals surface area contributed by atoms with Crippen LogP contribution in [0, 0.1) is 22.7 Å². The minimum Gasteiger partial charge on any atom is -0.427 e. The van der Waals surface area contributed by atoms with Gasteiger partial charge in [0.1, 0.15) is 18.0 Å². The van der Waals surface area contributed by atoms with Crippen molar-refractivity contribution in [2.45, 2.75) is 62.7 Å². The Balaban J connectivity index is 0.000000140. The van der Waals surface area contributed by atoms with Gasteiger partial charge in [-0.15, -0.1) is 0 Å². The lowest BCUT2D eigenvalue weighted by molar-refractivity contribution is 0.403. The van der Waals surface area contributed by atoms with Gasteiger partial charge in [-0.2, -0.15) is 10.5 Å². The highest BCUT2D eigenvalue weighted by Crippen LogP contribution is 2.39. The third-order valence-corrected chi connectivity index (χ3v) is 5.95. The highest BCUT2D eigenvalue weighted by molar-refractivity contribution is 9.10. The van der Waals surface area contributed by atoms with Crippen molar-refractivity contribution in [1.29, 1.82) is 10.5 Å². The Hall–Kier alpha value is -3.36. The van der Waals surface area contributed by atoms with E-state index < -0.39 is 7.12 Å². The first-order valence-electron chi connectivity index (χ1n) is 11.9. The molecular weight excluding hydrogens is 537 g/mol. The summed E-state index contributed by atoms with van der Waals surface area (Å²) in [5.41, 5.74) is 7.80. The average Bonchev–Trinajstić information content (AvgIpc) is 3.79. The summed E-state index contributed by atoms with van der Waals surface area (Å²) < 4.78 is 0.779. The van der Waals surface area contributed by atoms with Gasteiger partial charge in [0.25, 0.3) is 0 Å². The van der Waals surface area contributed by atoms with E-state index in [0.29, 0.717) is 12.5 Å². The van der Waals surface area contributed by atoms with E-state index in [1.54, 1.807) is 12.4 Å². The van der Waals surface area contributed by atoms with Crippen LogP contribution in [0.3, 0.4) is 0 Å². The van der Waals surface area contributed by atoms with Crippen LogP contribution in [0.4, 0.5) is 0 Å². The van der Waals surface area contributed by atoms with Gasteiger partial charge in [0, 0.05) is 37.2 Å². The second-order valence-electron chi connectivity index (χ2n) is 8.72. The van der Waals surface area contributed by atoms with Crippen LogP contribution in [0.25, 0.3) is 0 Å². The number of nitrogens with zero attached hydrogens (tertiary/aromatic N) is 8. The topological polar surface area (TPSA) is 191 Å². The predicted molar refractivity (Wildman–Crippen MR) is 138 cm³/mol. The quantitative estimate of drug-likeness (QED) is 0.395. The lowest BCUT2D eigenvalue weighted by atomic mass is 9.84. The first kappa shape index (κ1) is 28.2. The number of nitriles is 2. The van der Waals surface area contributed by atoms with Crippen molar-refractivity contribution in [2.75, 3.05) is 0 Å². The van der Waals surface area contributed by atoms with Crippen LogP contribution < -0.4 is 5.73 Å². The van der Waals surface area contributed by atoms with Crippen molar-refractivity contribution in [1.82, 2.24) is 29.9 Å². The summed E-state index contributed by atoms with van der Waals surface area (Å²) in [5.74, 6) is 2.80. The fourth-order valence-electron chi connectivity index (χ4n) is 2.89. The molecule has 13 heteroatoms. The predicted octanol–water partition coefficient (Wildman–Crippen LogP) is 2.77. The van der Waals surface area contributed by atoms with Crippen LogP contribution >= 0.6 is 15.9 Å². The van der Waals surface area contributed by atoms with Crippen molar-refractivity contribution in [3.63, 3.8) is 0 Å². The maximum atomic E-state index is 8.41. The monoisotopic (exact) mass is 563 g/mol. The van der Waals surface area contributed by atoms with Crippen LogP contribution in [-0.2, 0) is 6.54 Å². The van der Waals surface area contributed by atoms with E-state index in [1.165, 1.54) is 49.2 Å². The van der Waals surface area contributed by atoms with Crippen molar-refractivity contribution >= 4 is 23.0 Å². The Morgan fingerprint density at radius 1 is 0.757 bits per heavy atom. The number of halogens is 1. The van der Waals surface area contributed by atoms with E-state index in [0.717, 1.165) is 29.1 Å². The van der Waals surface area contributed by atoms with E-state index in [1.807, 2.05) is 24.5 Å². The maximum absolute atomic E-state index is 8.41. The summed E-state index contributed by atoms with van der Waals surface area (Å²) in [6, 6.07) is 3.70. The van der Waals surface area contributed by atoms with E-state index >= 15 is 0 Å². The molecule has 3 saturated carbocycles. The Morgan fingerprint density at radius 3 is 1.46 bits per heavy atom. The van der Waals surface area contributed by atoms with Crippen molar-refractivity contribution < 1.29 is 10.0 Å². The van der Waals surface area contributed by atoms with Crippen LogP contribution in [-0.4, -0.2) is 47.1 Å². The molecule has 0 unspecified atom stereocenters. The minimum absolute atomic E-state index is 0.193. The van der Waals surface area contributed by atoms with E-state index in [2.05, 4.69) is 45.8 Å². The molecule has 3 aliphatic carbocycles. The first-order valence-corrected chi connectivity index (χ1v) is 12.7. The molecule has 3 aromatic rings. The zero-order valence-electron chi connectivity index (χ0n) is 20.2. The van der Waals surface area contributed by atoms with E-state index in [4.69, 9.17) is 26.3 Å². The van der Waals surface area contributed by atoms with Crippen LogP contribution in [0.2, 0.25) is 5.82 Å². The van der Waals surface area contributed by atoms with Gasteiger partial charge in [0.2, 0.25) is 11.6 Å². The Kier molecular flexibility index (Phi) is 11.0. The fraction of sp³-hybridized carbons (Fsp3) is 0.417. The number of hydrogen-bond donors (Lipinski definition) is 3. The molecule has 11 nitrogen and oxygen atoms in total. The normalized spacial score (nSPS) is 15.2. The summed E-state index contributed by atoms with van der Waals surface area (Å²) in [5, 5.41) is 33.1. The molecule has 4 N–H and O–H groups in total. The summed E-state index contributed by atoms with van der Waals surface area (Å²) >= 11 is 3.14. The fourth-order valence-corrected chi connectivity index (χ4v) is 3.09. The largest absolute Gasteiger partial charge is 0.454 e. The molecule has 0 aliphatic heterocycles. The molecule has 0 bridgehead atoms. The molecule has 190 valence electrons. The number of rotatable bonds is 4. The SMILES string of the molecule is N#Cc1ncc(Br)cn1.N#Cc1ncc(C2CC2)cn1.NCc1ncc(C2CC2)cn1.OB(O)C1CC1. The molecule has 0 amide bonds. The summed E-state index contributed by atoms with van der Waals surface area (Å²) in [6.07, 6.45) is 17.4. The van der Waals surface area contributed by atoms with Crippen molar-refractivity contribution in [3.05, 3.63) is 70.3 Å². The van der Waals surface area contributed by atoms with Gasteiger partial charge in [0.05, 0.1) is 11.0 Å². The molecule has 3 heterocycles. The van der Waals surface area contributed by atoms with Crippen LogP contribution in [0.15, 0.2) is 41.7 Å². The highest BCUT2D eigenvalue weighted by atomic mass is 79.9. The second kappa shape index (κ2) is 14.4. The molecular formula is C24H27BBrN9O2. The molecule has 0 saturated heterocycles. The zero-order chi connectivity index (χ0) is 26.6. The Bertz CT molecular complexity index is 1190. The summed E-state index contributed by atoms with van der Waals surface area (Å²) in [4.78, 5) is 23.4. The van der Waals surface area contributed by atoms with Gasteiger partial charge in [-0.05, 0) is 70.4 Å². The molecule has 37 heavy (non-hydrogen) atoms. The standard InChI is InChI=1S/C8H11N3.C8H7N3.C5H2BrN3.C3H7BO2/c2*9-3-8-10-4-7(5-11-8)6-1-2-6;6-4-2-8-5(1-7)9-3-4;5-4(6)3-1-2-3/h4-6H,1-3,9H2;4-6H,1-2H2;2-3H;3,5-6H,1-2H2.